The average molecular weight is 511 g/mol. The molecular formula is C27H25F3N4O3. The van der Waals surface area contributed by atoms with Crippen molar-refractivity contribution in [3.8, 4) is 17.4 Å². The zero-order valence-electron chi connectivity index (χ0n) is 20.2. The van der Waals surface area contributed by atoms with E-state index in [0.29, 0.717) is 35.4 Å². The molecule has 1 aliphatic carbocycles. The van der Waals surface area contributed by atoms with Gasteiger partial charge < -0.3 is 14.8 Å². The summed E-state index contributed by atoms with van der Waals surface area (Å²) in [6.45, 7) is 2.20. The van der Waals surface area contributed by atoms with Gasteiger partial charge in [0.05, 0.1) is 23.8 Å². The Bertz CT molecular complexity index is 1400. The molecule has 0 spiro atoms. The molecule has 7 nitrogen and oxygen atoms in total. The van der Waals surface area contributed by atoms with Gasteiger partial charge in [0.1, 0.15) is 23.4 Å². The number of hydrogen-bond acceptors (Lipinski definition) is 5. The van der Waals surface area contributed by atoms with Gasteiger partial charge in [-0.1, -0.05) is 0 Å². The largest absolute Gasteiger partial charge is 0.474 e. The lowest BCUT2D eigenvalue weighted by molar-refractivity contribution is -0.143. The van der Waals surface area contributed by atoms with Crippen molar-refractivity contribution in [1.29, 1.82) is 0 Å². The number of pyridine rings is 1. The Hall–Kier alpha value is -4.08. The fourth-order valence-corrected chi connectivity index (χ4v) is 4.00. The Morgan fingerprint density at radius 2 is 1.81 bits per heavy atom. The summed E-state index contributed by atoms with van der Waals surface area (Å²) >= 11 is 0. The van der Waals surface area contributed by atoms with Crippen LogP contribution < -0.4 is 14.8 Å². The summed E-state index contributed by atoms with van der Waals surface area (Å²) < 4.78 is 53.7. The molecule has 5 rings (SSSR count). The SMILES string of the molecule is C[C@H](NC(=O)C(C)(F)F)[C@@H](c1ccc(OC2CC2)nc1)n1ncc2cc(Oc3ccc(F)cc3)ccc21. The molecule has 1 amide bonds. The van der Waals surface area contributed by atoms with E-state index >= 15 is 0 Å². The van der Waals surface area contributed by atoms with Crippen LogP contribution >= 0.6 is 0 Å². The molecule has 0 bridgehead atoms. The number of carbonyl (C=O) groups is 1. The number of benzene rings is 2. The number of halogens is 3. The number of rotatable bonds is 9. The van der Waals surface area contributed by atoms with Crippen LogP contribution in [0.3, 0.4) is 0 Å². The van der Waals surface area contributed by atoms with E-state index in [-0.39, 0.29) is 11.9 Å². The number of hydrogen-bond donors (Lipinski definition) is 1. The van der Waals surface area contributed by atoms with Gasteiger partial charge in [-0.05, 0) is 73.9 Å². The predicted octanol–water partition coefficient (Wildman–Crippen LogP) is 5.65. The quantitative estimate of drug-likeness (QED) is 0.315. The second-order valence-electron chi connectivity index (χ2n) is 9.21. The maximum atomic E-state index is 13.7. The van der Waals surface area contributed by atoms with E-state index in [9.17, 15) is 18.0 Å². The van der Waals surface area contributed by atoms with Crippen LogP contribution in [-0.4, -0.2) is 38.7 Å². The summed E-state index contributed by atoms with van der Waals surface area (Å²) in [7, 11) is 0. The van der Waals surface area contributed by atoms with Gasteiger partial charge in [-0.2, -0.15) is 13.9 Å². The number of nitrogens with one attached hydrogen (secondary N) is 1. The van der Waals surface area contributed by atoms with Crippen LogP contribution in [0.4, 0.5) is 13.2 Å². The number of ether oxygens (including phenoxy) is 2. The first-order valence-electron chi connectivity index (χ1n) is 11.9. The van der Waals surface area contributed by atoms with Crippen LogP contribution in [-0.2, 0) is 4.79 Å². The lowest BCUT2D eigenvalue weighted by atomic mass is 10.0. The van der Waals surface area contributed by atoms with Gasteiger partial charge in [0.15, 0.2) is 0 Å². The normalized spacial score (nSPS) is 15.3. The Morgan fingerprint density at radius 1 is 1.08 bits per heavy atom. The molecule has 1 N–H and O–H groups in total. The fourth-order valence-electron chi connectivity index (χ4n) is 4.00. The Balaban J connectivity index is 1.46. The monoisotopic (exact) mass is 510 g/mol. The average Bonchev–Trinajstić information content (AvgIpc) is 3.58. The van der Waals surface area contributed by atoms with Gasteiger partial charge in [-0.25, -0.2) is 9.37 Å². The van der Waals surface area contributed by atoms with Crippen LogP contribution in [0, 0.1) is 5.82 Å². The van der Waals surface area contributed by atoms with Gasteiger partial charge in [-0.15, -0.1) is 0 Å². The second-order valence-corrected chi connectivity index (χ2v) is 9.21. The number of aromatic nitrogens is 3. The van der Waals surface area contributed by atoms with Crippen molar-refractivity contribution in [3.05, 3.63) is 78.4 Å². The summed E-state index contributed by atoms with van der Waals surface area (Å²) in [5.74, 6) is -3.79. The lowest BCUT2D eigenvalue weighted by Gasteiger charge is -2.27. The molecule has 1 saturated carbocycles. The lowest BCUT2D eigenvalue weighted by Crippen LogP contribution is -2.46. The van der Waals surface area contributed by atoms with E-state index in [1.165, 1.54) is 24.3 Å². The Labute approximate surface area is 211 Å². The van der Waals surface area contributed by atoms with Crippen molar-refractivity contribution < 1.29 is 27.4 Å². The van der Waals surface area contributed by atoms with Crippen molar-refractivity contribution >= 4 is 16.8 Å². The van der Waals surface area contributed by atoms with Gasteiger partial charge in [0, 0.05) is 24.6 Å². The highest BCUT2D eigenvalue weighted by Crippen LogP contribution is 2.32. The molecule has 10 heteroatoms. The number of amides is 1. The first-order valence-corrected chi connectivity index (χ1v) is 11.9. The summed E-state index contributed by atoms with van der Waals surface area (Å²) in [5.41, 5.74) is 1.35. The van der Waals surface area contributed by atoms with E-state index in [2.05, 4.69) is 15.4 Å². The van der Waals surface area contributed by atoms with Crippen LogP contribution in [0.1, 0.15) is 38.3 Å². The van der Waals surface area contributed by atoms with Crippen LogP contribution in [0.15, 0.2) is 67.0 Å². The molecule has 0 saturated heterocycles. The van der Waals surface area contributed by atoms with E-state index in [4.69, 9.17) is 9.47 Å². The number of nitrogens with zero attached hydrogens (tertiary/aromatic N) is 3. The molecule has 2 heterocycles. The maximum absolute atomic E-state index is 13.7. The molecule has 4 aromatic rings. The van der Waals surface area contributed by atoms with Crippen LogP contribution in [0.25, 0.3) is 10.9 Å². The molecule has 1 aliphatic rings. The minimum absolute atomic E-state index is 0.181. The van der Waals surface area contributed by atoms with Crippen LogP contribution in [0.5, 0.6) is 17.4 Å². The van der Waals surface area contributed by atoms with E-state index in [0.717, 1.165) is 18.2 Å². The highest BCUT2D eigenvalue weighted by Gasteiger charge is 2.35. The highest BCUT2D eigenvalue weighted by molar-refractivity contribution is 5.83. The van der Waals surface area contributed by atoms with E-state index in [1.807, 2.05) is 0 Å². The van der Waals surface area contributed by atoms with Crippen molar-refractivity contribution in [2.75, 3.05) is 0 Å². The summed E-state index contributed by atoms with van der Waals surface area (Å²) in [4.78, 5) is 16.5. The molecule has 2 aromatic heterocycles. The highest BCUT2D eigenvalue weighted by atomic mass is 19.3. The molecular weight excluding hydrogens is 485 g/mol. The molecule has 37 heavy (non-hydrogen) atoms. The molecule has 0 unspecified atom stereocenters. The van der Waals surface area contributed by atoms with Gasteiger partial charge >= 0.3 is 5.92 Å². The molecule has 2 atom stereocenters. The Morgan fingerprint density at radius 3 is 2.46 bits per heavy atom. The first-order chi connectivity index (χ1) is 17.7. The summed E-state index contributed by atoms with van der Waals surface area (Å²) in [6.07, 6.45) is 5.40. The van der Waals surface area contributed by atoms with Crippen molar-refractivity contribution in [2.24, 2.45) is 0 Å². The fraction of sp³-hybridized carbons (Fsp3) is 0.296. The Kier molecular flexibility index (Phi) is 6.49. The second kappa shape index (κ2) is 9.76. The third-order valence-corrected chi connectivity index (χ3v) is 6.02. The predicted molar refractivity (Wildman–Crippen MR) is 130 cm³/mol. The summed E-state index contributed by atoms with van der Waals surface area (Å²) in [5, 5.41) is 7.66. The zero-order valence-corrected chi connectivity index (χ0v) is 20.2. The third kappa shape index (κ3) is 5.68. The van der Waals surface area contributed by atoms with Gasteiger partial charge in [0.25, 0.3) is 5.91 Å². The molecule has 1 fully saturated rings. The number of carbonyl (C=O) groups excluding carboxylic acids is 1. The number of alkyl halides is 2. The molecule has 192 valence electrons. The topological polar surface area (TPSA) is 78.3 Å². The standard InChI is InChI=1S/C27H25F3N4O3/c1-16(33-26(35)27(2,29)30)25(17-3-12-24(31-14-17)37-21-8-9-21)34-23-11-10-22(13-18(23)15-32-34)36-20-6-4-19(28)5-7-20/h3-7,10-16,21,25H,8-9H2,1-2H3,(H,33,35)/t16-,25-/m0/s1. The van der Waals surface area contributed by atoms with Gasteiger partial charge in [0.2, 0.25) is 5.88 Å². The molecule has 0 aliphatic heterocycles. The first kappa shape index (κ1) is 24.6. The maximum Gasteiger partial charge on any atom is 0.321 e. The van der Waals surface area contributed by atoms with E-state index < -0.39 is 23.9 Å². The minimum atomic E-state index is -3.53. The minimum Gasteiger partial charge on any atom is -0.474 e. The van der Waals surface area contributed by atoms with E-state index in [1.54, 1.807) is 54.3 Å². The zero-order chi connectivity index (χ0) is 26.2. The smallest absolute Gasteiger partial charge is 0.321 e. The van der Waals surface area contributed by atoms with Crippen molar-refractivity contribution in [2.45, 2.75) is 50.8 Å². The van der Waals surface area contributed by atoms with Crippen molar-refractivity contribution in [1.82, 2.24) is 20.1 Å². The van der Waals surface area contributed by atoms with Gasteiger partial charge in [-0.3, -0.25) is 9.48 Å². The third-order valence-electron chi connectivity index (χ3n) is 6.02. The number of fused-ring (bicyclic) bond motifs is 1. The molecule has 0 radical (unpaired) electrons. The van der Waals surface area contributed by atoms with Crippen molar-refractivity contribution in [3.63, 3.8) is 0 Å². The molecule has 2 aromatic carbocycles. The summed E-state index contributed by atoms with van der Waals surface area (Å²) in [6, 6.07) is 13.1. The van der Waals surface area contributed by atoms with Crippen LogP contribution in [0.2, 0.25) is 0 Å².